The summed E-state index contributed by atoms with van der Waals surface area (Å²) in [5.74, 6) is 0. The molecule has 0 heterocycles. The number of quaternary nitrogens is 2. The molecule has 0 N–H and O–H groups in total. The summed E-state index contributed by atoms with van der Waals surface area (Å²) < 4.78 is 1.96. The predicted molar refractivity (Wildman–Crippen MR) is 69.9 cm³/mol. The highest BCUT2D eigenvalue weighted by Gasteiger charge is 2.10. The Morgan fingerprint density at radius 1 is 0.611 bits per heavy atom. The second-order valence-corrected chi connectivity index (χ2v) is 6.71. The number of nitrogens with zero attached hydrogens (tertiary/aromatic N) is 2. The van der Waals surface area contributed by atoms with Gasteiger partial charge in [0.25, 0.3) is 0 Å². The second kappa shape index (κ2) is 7.34. The number of hydrogen-bond donors (Lipinski definition) is 0. The van der Waals surface area contributed by atoms with E-state index in [9.17, 15) is 0 Å². The molecule has 18 heavy (non-hydrogen) atoms. The smallest absolute Gasteiger partial charge is 0.104 e. The third kappa shape index (κ3) is 8.76. The molecular weight excluding hydrogens is 267 g/mol. The molecule has 0 fully saturated rings. The van der Waals surface area contributed by atoms with Gasteiger partial charge in [-0.2, -0.15) is 0 Å². The van der Waals surface area contributed by atoms with Crippen LogP contribution in [-0.2, 0) is 13.1 Å². The lowest BCUT2D eigenvalue weighted by Crippen LogP contribution is -3.00. The first-order chi connectivity index (χ1) is 7.16. The standard InChI is InChI=1S/C14H26N2.2ClH/c1-15(2,3)11-13-7-9-14(10-8-13)12-16(4,5)6;;/h7-10H,11-12H2,1-6H3;2*1H/q+2;;/p-2. The van der Waals surface area contributed by atoms with Gasteiger partial charge < -0.3 is 33.8 Å². The van der Waals surface area contributed by atoms with Crippen molar-refractivity contribution in [2.75, 3.05) is 42.3 Å². The molecule has 0 amide bonds. The minimum absolute atomic E-state index is 0. The summed E-state index contributed by atoms with van der Waals surface area (Å²) in [4.78, 5) is 0. The molecule has 0 aliphatic heterocycles. The Kier molecular flexibility index (Phi) is 8.18. The Morgan fingerprint density at radius 2 is 0.833 bits per heavy atom. The Balaban J connectivity index is 0. The van der Waals surface area contributed by atoms with Crippen molar-refractivity contribution in [1.82, 2.24) is 0 Å². The van der Waals surface area contributed by atoms with Crippen LogP contribution in [-0.4, -0.2) is 51.3 Å². The van der Waals surface area contributed by atoms with Crippen LogP contribution in [0.2, 0.25) is 0 Å². The SMILES string of the molecule is C[N+](C)(C)Cc1ccc(C[N+](C)(C)C)cc1.[Cl-].[Cl-]. The first-order valence-electron chi connectivity index (χ1n) is 5.84. The van der Waals surface area contributed by atoms with Gasteiger partial charge in [0.15, 0.2) is 0 Å². The lowest BCUT2D eigenvalue weighted by Gasteiger charge is -2.25. The van der Waals surface area contributed by atoms with Crippen molar-refractivity contribution in [2.45, 2.75) is 13.1 Å². The van der Waals surface area contributed by atoms with E-state index >= 15 is 0 Å². The molecule has 0 saturated heterocycles. The van der Waals surface area contributed by atoms with E-state index in [-0.39, 0.29) is 24.8 Å². The van der Waals surface area contributed by atoms with Gasteiger partial charge in [-0.15, -0.1) is 0 Å². The highest BCUT2D eigenvalue weighted by Crippen LogP contribution is 2.11. The third-order valence-corrected chi connectivity index (χ3v) is 2.34. The predicted octanol–water partition coefficient (Wildman–Crippen LogP) is -3.89. The molecule has 0 aliphatic rings. The van der Waals surface area contributed by atoms with E-state index in [0.29, 0.717) is 0 Å². The Hall–Kier alpha value is -0.280. The van der Waals surface area contributed by atoms with Gasteiger partial charge in [0.2, 0.25) is 0 Å². The van der Waals surface area contributed by atoms with Gasteiger partial charge in [-0.05, 0) is 0 Å². The van der Waals surface area contributed by atoms with Crippen LogP contribution in [0.1, 0.15) is 11.1 Å². The summed E-state index contributed by atoms with van der Waals surface area (Å²) in [5, 5.41) is 0. The van der Waals surface area contributed by atoms with Crippen molar-refractivity contribution in [3.63, 3.8) is 0 Å². The molecule has 1 aromatic carbocycles. The molecule has 4 heteroatoms. The molecule has 2 nitrogen and oxygen atoms in total. The average molecular weight is 293 g/mol. The van der Waals surface area contributed by atoms with Crippen molar-refractivity contribution < 1.29 is 33.8 Å². The first-order valence-corrected chi connectivity index (χ1v) is 5.84. The van der Waals surface area contributed by atoms with Gasteiger partial charge in [0.05, 0.1) is 42.3 Å². The summed E-state index contributed by atoms with van der Waals surface area (Å²) in [7, 11) is 13.3. The van der Waals surface area contributed by atoms with Gasteiger partial charge in [-0.1, -0.05) is 24.3 Å². The van der Waals surface area contributed by atoms with Crippen LogP contribution in [0.3, 0.4) is 0 Å². The molecule has 106 valence electrons. The fourth-order valence-electron chi connectivity index (χ4n) is 1.85. The van der Waals surface area contributed by atoms with Crippen LogP contribution >= 0.6 is 0 Å². The highest BCUT2D eigenvalue weighted by atomic mass is 35.5. The monoisotopic (exact) mass is 292 g/mol. The normalized spacial score (nSPS) is 11.4. The van der Waals surface area contributed by atoms with E-state index < -0.39 is 0 Å². The molecule has 0 atom stereocenters. The maximum Gasteiger partial charge on any atom is 0.104 e. The summed E-state index contributed by atoms with van der Waals surface area (Å²) in [5.41, 5.74) is 2.83. The lowest BCUT2D eigenvalue weighted by atomic mass is 10.1. The average Bonchev–Trinajstić information content (AvgIpc) is 2.03. The summed E-state index contributed by atoms with van der Waals surface area (Å²) in [6.45, 7) is 2.18. The van der Waals surface area contributed by atoms with Crippen molar-refractivity contribution in [3.8, 4) is 0 Å². The zero-order valence-electron chi connectivity index (χ0n) is 12.4. The van der Waals surface area contributed by atoms with Crippen molar-refractivity contribution in [2.24, 2.45) is 0 Å². The molecule has 0 spiro atoms. The van der Waals surface area contributed by atoms with Gasteiger partial charge in [0, 0.05) is 11.1 Å². The number of hydrogen-bond acceptors (Lipinski definition) is 0. The van der Waals surface area contributed by atoms with E-state index in [1.165, 1.54) is 11.1 Å². The van der Waals surface area contributed by atoms with Crippen LogP contribution in [0.5, 0.6) is 0 Å². The lowest BCUT2D eigenvalue weighted by molar-refractivity contribution is -0.884. The van der Waals surface area contributed by atoms with E-state index in [2.05, 4.69) is 66.6 Å². The van der Waals surface area contributed by atoms with Gasteiger partial charge in [-0.3, -0.25) is 0 Å². The minimum Gasteiger partial charge on any atom is -1.00 e. The second-order valence-electron chi connectivity index (χ2n) is 6.71. The highest BCUT2D eigenvalue weighted by molar-refractivity contribution is 5.21. The van der Waals surface area contributed by atoms with E-state index in [0.717, 1.165) is 22.1 Å². The Morgan fingerprint density at radius 3 is 1.00 bits per heavy atom. The number of rotatable bonds is 4. The Labute approximate surface area is 125 Å². The first kappa shape index (κ1) is 20.0. The maximum absolute atomic E-state index is 2.26. The maximum atomic E-state index is 2.26. The minimum atomic E-state index is 0. The molecule has 0 saturated carbocycles. The molecular formula is C14H26Cl2N2. The van der Waals surface area contributed by atoms with Crippen molar-refractivity contribution in [3.05, 3.63) is 35.4 Å². The zero-order valence-corrected chi connectivity index (χ0v) is 13.9. The molecule has 0 radical (unpaired) electrons. The van der Waals surface area contributed by atoms with Gasteiger partial charge in [-0.25, -0.2) is 0 Å². The van der Waals surface area contributed by atoms with Crippen LogP contribution < -0.4 is 24.8 Å². The van der Waals surface area contributed by atoms with E-state index in [4.69, 9.17) is 0 Å². The zero-order chi connectivity index (χ0) is 12.4. The number of halogens is 2. The topological polar surface area (TPSA) is 0 Å². The Bertz CT molecular complexity index is 299. The van der Waals surface area contributed by atoms with Crippen molar-refractivity contribution >= 4 is 0 Å². The fraction of sp³-hybridized carbons (Fsp3) is 0.571. The van der Waals surface area contributed by atoms with Crippen LogP contribution in [0.25, 0.3) is 0 Å². The summed E-state index contributed by atoms with van der Waals surface area (Å²) in [6.07, 6.45) is 0. The largest absolute Gasteiger partial charge is 1.00 e. The van der Waals surface area contributed by atoms with Crippen molar-refractivity contribution in [1.29, 1.82) is 0 Å². The van der Waals surface area contributed by atoms with Crippen LogP contribution in [0.15, 0.2) is 24.3 Å². The molecule has 0 aliphatic carbocycles. The van der Waals surface area contributed by atoms with Gasteiger partial charge >= 0.3 is 0 Å². The van der Waals surface area contributed by atoms with E-state index in [1.54, 1.807) is 0 Å². The van der Waals surface area contributed by atoms with Crippen LogP contribution in [0.4, 0.5) is 0 Å². The number of benzene rings is 1. The fourth-order valence-corrected chi connectivity index (χ4v) is 1.85. The van der Waals surface area contributed by atoms with Crippen LogP contribution in [0, 0.1) is 0 Å². The molecule has 1 rings (SSSR count). The molecule has 1 aromatic rings. The molecule has 0 bridgehead atoms. The third-order valence-electron chi connectivity index (χ3n) is 2.34. The summed E-state index contributed by atoms with van der Waals surface area (Å²) >= 11 is 0. The molecule has 0 aromatic heterocycles. The summed E-state index contributed by atoms with van der Waals surface area (Å²) in [6, 6.07) is 9.03. The quantitative estimate of drug-likeness (QED) is 0.498. The van der Waals surface area contributed by atoms with E-state index in [1.807, 2.05) is 0 Å². The van der Waals surface area contributed by atoms with Gasteiger partial charge in [0.1, 0.15) is 13.1 Å². The molecule has 0 unspecified atom stereocenters.